The van der Waals surface area contributed by atoms with Gasteiger partial charge in [-0.3, -0.25) is 4.68 Å². The molecule has 4 heteroatoms. The second-order valence-electron chi connectivity index (χ2n) is 3.67. The lowest BCUT2D eigenvalue weighted by Gasteiger charge is -2.05. The monoisotopic (exact) mass is 342 g/mol. The standard InChI is InChI=1S/C12H12Br2N2/c1-9-11(6-13)7-15-16(9)8-10-2-4-12(14)5-3-10/h2-5,7H,6,8H2,1H3. The Morgan fingerprint density at radius 2 is 1.94 bits per heavy atom. The van der Waals surface area contributed by atoms with Gasteiger partial charge in [0, 0.05) is 21.1 Å². The predicted octanol–water partition coefficient (Wildman–Crippen LogP) is 3.90. The Hall–Kier alpha value is -0.610. The average Bonchev–Trinajstić information content (AvgIpc) is 2.63. The number of nitrogens with zero attached hydrogens (tertiary/aromatic N) is 2. The number of alkyl halides is 1. The maximum atomic E-state index is 4.38. The number of hydrogen-bond acceptors (Lipinski definition) is 1. The molecule has 0 saturated heterocycles. The summed E-state index contributed by atoms with van der Waals surface area (Å²) in [5.74, 6) is 0. The first-order valence-corrected chi connectivity index (χ1v) is 6.94. The molecule has 0 bridgehead atoms. The van der Waals surface area contributed by atoms with Gasteiger partial charge in [-0.15, -0.1) is 0 Å². The molecule has 2 aromatic rings. The van der Waals surface area contributed by atoms with Crippen molar-refractivity contribution in [3.05, 3.63) is 51.8 Å². The number of rotatable bonds is 3. The van der Waals surface area contributed by atoms with E-state index in [1.165, 1.54) is 16.8 Å². The fraction of sp³-hybridized carbons (Fsp3) is 0.250. The lowest BCUT2D eigenvalue weighted by Crippen LogP contribution is -2.03. The van der Waals surface area contributed by atoms with Gasteiger partial charge in [0.15, 0.2) is 0 Å². The van der Waals surface area contributed by atoms with Gasteiger partial charge in [-0.25, -0.2) is 0 Å². The summed E-state index contributed by atoms with van der Waals surface area (Å²) >= 11 is 6.89. The van der Waals surface area contributed by atoms with Crippen LogP contribution in [0.3, 0.4) is 0 Å². The van der Waals surface area contributed by atoms with E-state index in [0.717, 1.165) is 16.3 Å². The largest absolute Gasteiger partial charge is 0.265 e. The fourth-order valence-corrected chi connectivity index (χ4v) is 2.35. The first-order chi connectivity index (χ1) is 7.70. The van der Waals surface area contributed by atoms with Gasteiger partial charge in [-0.2, -0.15) is 5.10 Å². The van der Waals surface area contributed by atoms with Gasteiger partial charge < -0.3 is 0 Å². The van der Waals surface area contributed by atoms with Crippen LogP contribution in [0.2, 0.25) is 0 Å². The minimum atomic E-state index is 0.826. The van der Waals surface area contributed by atoms with E-state index in [2.05, 4.69) is 68.1 Å². The minimum Gasteiger partial charge on any atom is -0.265 e. The van der Waals surface area contributed by atoms with Gasteiger partial charge in [-0.05, 0) is 24.6 Å². The highest BCUT2D eigenvalue weighted by Gasteiger charge is 2.05. The van der Waals surface area contributed by atoms with Crippen molar-refractivity contribution < 1.29 is 0 Å². The van der Waals surface area contributed by atoms with Crippen LogP contribution in [0.25, 0.3) is 0 Å². The highest BCUT2D eigenvalue weighted by atomic mass is 79.9. The van der Waals surface area contributed by atoms with Crippen LogP contribution in [-0.4, -0.2) is 9.78 Å². The lowest BCUT2D eigenvalue weighted by molar-refractivity contribution is 0.664. The summed E-state index contributed by atoms with van der Waals surface area (Å²) in [4.78, 5) is 0. The summed E-state index contributed by atoms with van der Waals surface area (Å²) < 4.78 is 3.13. The maximum absolute atomic E-state index is 4.38. The van der Waals surface area contributed by atoms with Crippen LogP contribution >= 0.6 is 31.9 Å². The number of halogens is 2. The van der Waals surface area contributed by atoms with Crippen molar-refractivity contribution in [1.29, 1.82) is 0 Å². The van der Waals surface area contributed by atoms with Gasteiger partial charge >= 0.3 is 0 Å². The first-order valence-electron chi connectivity index (χ1n) is 5.02. The zero-order chi connectivity index (χ0) is 11.5. The summed E-state index contributed by atoms with van der Waals surface area (Å²) in [5, 5.41) is 5.24. The molecule has 0 amide bonds. The summed E-state index contributed by atoms with van der Waals surface area (Å²) in [6.07, 6.45) is 1.92. The van der Waals surface area contributed by atoms with Crippen LogP contribution in [0.1, 0.15) is 16.8 Å². The molecule has 2 nitrogen and oxygen atoms in total. The fourth-order valence-electron chi connectivity index (χ4n) is 1.54. The van der Waals surface area contributed by atoms with Crippen LogP contribution in [0.4, 0.5) is 0 Å². The Morgan fingerprint density at radius 1 is 1.25 bits per heavy atom. The van der Waals surface area contributed by atoms with Crippen LogP contribution in [0, 0.1) is 6.92 Å². The summed E-state index contributed by atoms with van der Waals surface area (Å²) in [7, 11) is 0. The zero-order valence-electron chi connectivity index (χ0n) is 8.95. The molecule has 16 heavy (non-hydrogen) atoms. The second kappa shape index (κ2) is 5.15. The van der Waals surface area contributed by atoms with Gasteiger partial charge in [0.1, 0.15) is 0 Å². The molecule has 1 aromatic carbocycles. The normalized spacial score (nSPS) is 10.7. The molecule has 0 atom stereocenters. The van der Waals surface area contributed by atoms with Crippen LogP contribution in [-0.2, 0) is 11.9 Å². The molecule has 0 saturated carbocycles. The molecule has 0 spiro atoms. The summed E-state index contributed by atoms with van der Waals surface area (Å²) in [6, 6.07) is 8.33. The average molecular weight is 344 g/mol. The topological polar surface area (TPSA) is 17.8 Å². The van der Waals surface area contributed by atoms with E-state index in [4.69, 9.17) is 0 Å². The predicted molar refractivity (Wildman–Crippen MR) is 72.8 cm³/mol. The highest BCUT2D eigenvalue weighted by Crippen LogP contribution is 2.15. The molecular weight excluding hydrogens is 332 g/mol. The Bertz CT molecular complexity index is 474. The van der Waals surface area contributed by atoms with Crippen LogP contribution < -0.4 is 0 Å². The lowest BCUT2D eigenvalue weighted by atomic mass is 10.2. The van der Waals surface area contributed by atoms with Crippen molar-refractivity contribution in [1.82, 2.24) is 9.78 Å². The number of benzene rings is 1. The molecule has 0 N–H and O–H groups in total. The molecule has 1 aromatic heterocycles. The van der Waals surface area contributed by atoms with Gasteiger partial charge in [0.05, 0.1) is 12.7 Å². The Labute approximate surface area is 112 Å². The first kappa shape index (κ1) is 11.9. The smallest absolute Gasteiger partial charge is 0.0662 e. The van der Waals surface area contributed by atoms with Crippen LogP contribution in [0.5, 0.6) is 0 Å². The van der Waals surface area contributed by atoms with E-state index < -0.39 is 0 Å². The molecule has 0 radical (unpaired) electrons. The van der Waals surface area contributed by atoms with E-state index in [-0.39, 0.29) is 0 Å². The van der Waals surface area contributed by atoms with Gasteiger partial charge in [0.2, 0.25) is 0 Å². The number of aromatic nitrogens is 2. The third kappa shape index (κ3) is 2.55. The van der Waals surface area contributed by atoms with E-state index >= 15 is 0 Å². The molecule has 1 heterocycles. The Morgan fingerprint density at radius 3 is 2.50 bits per heavy atom. The van der Waals surface area contributed by atoms with Crippen molar-refractivity contribution in [2.75, 3.05) is 0 Å². The van der Waals surface area contributed by atoms with Crippen molar-refractivity contribution >= 4 is 31.9 Å². The maximum Gasteiger partial charge on any atom is 0.0662 e. The second-order valence-corrected chi connectivity index (χ2v) is 5.15. The molecule has 0 aliphatic heterocycles. The quantitative estimate of drug-likeness (QED) is 0.773. The van der Waals surface area contributed by atoms with E-state index in [9.17, 15) is 0 Å². The summed E-state index contributed by atoms with van der Waals surface area (Å²) in [5.41, 5.74) is 3.73. The molecule has 0 unspecified atom stereocenters. The van der Waals surface area contributed by atoms with Gasteiger partial charge in [-0.1, -0.05) is 44.0 Å². The Balaban J connectivity index is 2.20. The zero-order valence-corrected chi connectivity index (χ0v) is 12.1. The summed E-state index contributed by atoms with van der Waals surface area (Å²) in [6.45, 7) is 2.93. The van der Waals surface area contributed by atoms with Crippen molar-refractivity contribution in [3.63, 3.8) is 0 Å². The van der Waals surface area contributed by atoms with E-state index in [1.807, 2.05) is 10.9 Å². The van der Waals surface area contributed by atoms with E-state index in [0.29, 0.717) is 0 Å². The Kier molecular flexibility index (Phi) is 3.82. The van der Waals surface area contributed by atoms with Crippen molar-refractivity contribution in [3.8, 4) is 0 Å². The molecule has 0 aliphatic carbocycles. The minimum absolute atomic E-state index is 0.826. The van der Waals surface area contributed by atoms with Gasteiger partial charge in [0.25, 0.3) is 0 Å². The molecule has 2 rings (SSSR count). The third-order valence-corrected chi connectivity index (χ3v) is 3.73. The van der Waals surface area contributed by atoms with Crippen LogP contribution in [0.15, 0.2) is 34.9 Å². The van der Waals surface area contributed by atoms with E-state index in [1.54, 1.807) is 0 Å². The molecule has 0 fully saturated rings. The molecule has 84 valence electrons. The molecular formula is C12H12Br2N2. The highest BCUT2D eigenvalue weighted by molar-refractivity contribution is 9.10. The number of hydrogen-bond donors (Lipinski definition) is 0. The SMILES string of the molecule is Cc1c(CBr)cnn1Cc1ccc(Br)cc1. The van der Waals surface area contributed by atoms with Crippen molar-refractivity contribution in [2.24, 2.45) is 0 Å². The molecule has 0 aliphatic rings. The van der Waals surface area contributed by atoms with Crippen molar-refractivity contribution in [2.45, 2.75) is 18.8 Å². The third-order valence-electron chi connectivity index (χ3n) is 2.59.